The van der Waals surface area contributed by atoms with Crippen LogP contribution in [0.3, 0.4) is 0 Å². The molecule has 0 aromatic heterocycles. The molecule has 0 aliphatic carbocycles. The highest BCUT2D eigenvalue weighted by atomic mass is 127. The highest BCUT2D eigenvalue weighted by Crippen LogP contribution is 2.26. The van der Waals surface area contributed by atoms with Crippen LogP contribution in [0.4, 0.5) is 4.39 Å². The summed E-state index contributed by atoms with van der Waals surface area (Å²) < 4.78 is 20.4. The van der Waals surface area contributed by atoms with Crippen molar-refractivity contribution in [1.29, 1.82) is 0 Å². The van der Waals surface area contributed by atoms with E-state index in [0.29, 0.717) is 12.3 Å². The molecule has 0 saturated heterocycles. The number of hydrogen-bond donors (Lipinski definition) is 1. The van der Waals surface area contributed by atoms with Crippen molar-refractivity contribution in [3.63, 3.8) is 0 Å². The van der Waals surface area contributed by atoms with E-state index in [9.17, 15) is 4.39 Å². The van der Waals surface area contributed by atoms with Crippen LogP contribution in [0.1, 0.15) is 5.56 Å². The largest absolute Gasteiger partial charge is 0.454 e. The van der Waals surface area contributed by atoms with Gasteiger partial charge in [0.15, 0.2) is 11.6 Å². The molecule has 1 N–H and O–H groups in total. The zero-order valence-electron chi connectivity index (χ0n) is 9.91. The van der Waals surface area contributed by atoms with E-state index in [2.05, 4.69) is 27.9 Å². The lowest BCUT2D eigenvalue weighted by atomic mass is 10.2. The SMILES string of the molecule is CNCc1ccc(Oc2cccc(I)c2)c(F)c1. The quantitative estimate of drug-likeness (QED) is 0.837. The number of halogens is 2. The molecule has 0 radical (unpaired) electrons. The van der Waals surface area contributed by atoms with Crippen molar-refractivity contribution in [1.82, 2.24) is 5.32 Å². The first-order valence-electron chi connectivity index (χ1n) is 5.55. The maximum atomic E-state index is 13.8. The number of hydrogen-bond acceptors (Lipinski definition) is 2. The van der Waals surface area contributed by atoms with Crippen LogP contribution >= 0.6 is 22.6 Å². The van der Waals surface area contributed by atoms with Crippen molar-refractivity contribution in [2.75, 3.05) is 7.05 Å². The van der Waals surface area contributed by atoms with Crippen molar-refractivity contribution in [3.05, 3.63) is 57.4 Å². The van der Waals surface area contributed by atoms with Gasteiger partial charge in [-0.15, -0.1) is 0 Å². The molecule has 0 heterocycles. The van der Waals surface area contributed by atoms with Crippen molar-refractivity contribution in [2.24, 2.45) is 0 Å². The molecule has 4 heteroatoms. The van der Waals surface area contributed by atoms with Crippen LogP contribution < -0.4 is 10.1 Å². The summed E-state index contributed by atoms with van der Waals surface area (Å²) in [6.07, 6.45) is 0. The number of benzene rings is 2. The Morgan fingerprint density at radius 3 is 2.72 bits per heavy atom. The van der Waals surface area contributed by atoms with Crippen molar-refractivity contribution in [2.45, 2.75) is 6.54 Å². The van der Waals surface area contributed by atoms with Gasteiger partial charge in [0.2, 0.25) is 0 Å². The van der Waals surface area contributed by atoms with Gasteiger partial charge in [-0.05, 0) is 65.5 Å². The second kappa shape index (κ2) is 6.15. The molecule has 2 rings (SSSR count). The monoisotopic (exact) mass is 357 g/mol. The second-order valence-corrected chi connectivity index (χ2v) is 5.10. The van der Waals surface area contributed by atoms with E-state index in [0.717, 1.165) is 9.13 Å². The van der Waals surface area contributed by atoms with Gasteiger partial charge < -0.3 is 10.1 Å². The lowest BCUT2D eigenvalue weighted by Gasteiger charge is -2.08. The number of nitrogens with one attached hydrogen (secondary N) is 1. The molecular weight excluding hydrogens is 344 g/mol. The van der Waals surface area contributed by atoms with Crippen molar-refractivity contribution in [3.8, 4) is 11.5 Å². The Kier molecular flexibility index (Phi) is 4.54. The van der Waals surface area contributed by atoms with E-state index in [1.807, 2.05) is 37.4 Å². The van der Waals surface area contributed by atoms with Crippen LogP contribution in [0.2, 0.25) is 0 Å². The Hall–Kier alpha value is -1.14. The van der Waals surface area contributed by atoms with Gasteiger partial charge in [-0.2, -0.15) is 0 Å². The Labute approximate surface area is 119 Å². The van der Waals surface area contributed by atoms with Crippen LogP contribution in [0.5, 0.6) is 11.5 Å². The van der Waals surface area contributed by atoms with Crippen LogP contribution in [0, 0.1) is 9.39 Å². The minimum atomic E-state index is -0.346. The molecule has 0 aliphatic heterocycles. The normalized spacial score (nSPS) is 10.4. The fourth-order valence-corrected chi connectivity index (χ4v) is 2.11. The third-order valence-electron chi connectivity index (χ3n) is 2.40. The Morgan fingerprint density at radius 1 is 1.22 bits per heavy atom. The molecule has 0 saturated carbocycles. The Bertz CT molecular complexity index is 545. The summed E-state index contributed by atoms with van der Waals surface area (Å²) in [5.41, 5.74) is 0.894. The average molecular weight is 357 g/mol. The Morgan fingerprint density at radius 2 is 2.06 bits per heavy atom. The van der Waals surface area contributed by atoms with Gasteiger partial charge in [0, 0.05) is 10.1 Å². The molecule has 0 spiro atoms. The number of rotatable bonds is 4. The lowest BCUT2D eigenvalue weighted by Crippen LogP contribution is -2.05. The van der Waals surface area contributed by atoms with Crippen LogP contribution in [-0.4, -0.2) is 7.05 Å². The van der Waals surface area contributed by atoms with Crippen LogP contribution in [-0.2, 0) is 6.54 Å². The van der Waals surface area contributed by atoms with Crippen molar-refractivity contribution >= 4 is 22.6 Å². The maximum absolute atomic E-state index is 13.8. The van der Waals surface area contributed by atoms with Gasteiger partial charge in [0.05, 0.1) is 0 Å². The summed E-state index contributed by atoms with van der Waals surface area (Å²) in [6.45, 7) is 0.639. The summed E-state index contributed by atoms with van der Waals surface area (Å²) in [4.78, 5) is 0. The minimum absolute atomic E-state index is 0.247. The smallest absolute Gasteiger partial charge is 0.166 e. The standard InChI is InChI=1S/C14H13FINO/c1-17-9-10-5-6-14(13(15)7-10)18-12-4-2-3-11(16)8-12/h2-8,17H,9H2,1H3. The molecule has 0 fully saturated rings. The summed E-state index contributed by atoms with van der Waals surface area (Å²) in [5.74, 6) is 0.542. The fraction of sp³-hybridized carbons (Fsp3) is 0.143. The first kappa shape index (κ1) is 13.3. The maximum Gasteiger partial charge on any atom is 0.166 e. The molecular formula is C14H13FINO. The van der Waals surface area contributed by atoms with E-state index < -0.39 is 0 Å². The van der Waals surface area contributed by atoms with Gasteiger partial charge in [0.1, 0.15) is 5.75 Å². The van der Waals surface area contributed by atoms with E-state index in [-0.39, 0.29) is 11.6 Å². The summed E-state index contributed by atoms with van der Waals surface area (Å²) in [6, 6.07) is 12.5. The lowest BCUT2D eigenvalue weighted by molar-refractivity contribution is 0.441. The van der Waals surface area contributed by atoms with Gasteiger partial charge in [-0.25, -0.2) is 4.39 Å². The number of ether oxygens (including phenoxy) is 1. The van der Waals surface area contributed by atoms with Gasteiger partial charge in [-0.3, -0.25) is 0 Å². The zero-order chi connectivity index (χ0) is 13.0. The zero-order valence-corrected chi connectivity index (χ0v) is 12.1. The molecule has 0 amide bonds. The summed E-state index contributed by atoms with van der Waals surface area (Å²) >= 11 is 2.19. The fourth-order valence-electron chi connectivity index (χ4n) is 1.60. The third-order valence-corrected chi connectivity index (χ3v) is 3.07. The molecule has 2 aromatic carbocycles. The van der Waals surface area contributed by atoms with Crippen molar-refractivity contribution < 1.29 is 9.13 Å². The predicted octanol–water partition coefficient (Wildman–Crippen LogP) is 3.94. The predicted molar refractivity (Wildman–Crippen MR) is 78.4 cm³/mol. The van der Waals surface area contributed by atoms with E-state index in [1.54, 1.807) is 6.07 Å². The summed E-state index contributed by atoms with van der Waals surface area (Å²) in [7, 11) is 1.83. The van der Waals surface area contributed by atoms with E-state index in [4.69, 9.17) is 4.74 Å². The molecule has 18 heavy (non-hydrogen) atoms. The average Bonchev–Trinajstić information content (AvgIpc) is 2.33. The molecule has 94 valence electrons. The first-order chi connectivity index (χ1) is 8.69. The van der Waals surface area contributed by atoms with Gasteiger partial charge >= 0.3 is 0 Å². The molecule has 0 unspecified atom stereocenters. The second-order valence-electron chi connectivity index (χ2n) is 3.85. The Balaban J connectivity index is 2.19. The summed E-state index contributed by atoms with van der Waals surface area (Å²) in [5, 5.41) is 2.98. The highest BCUT2D eigenvalue weighted by Gasteiger charge is 2.06. The van der Waals surface area contributed by atoms with Gasteiger partial charge in [-0.1, -0.05) is 12.1 Å². The van der Waals surface area contributed by atoms with E-state index >= 15 is 0 Å². The molecule has 0 bridgehead atoms. The topological polar surface area (TPSA) is 21.3 Å². The van der Waals surface area contributed by atoms with Crippen LogP contribution in [0.25, 0.3) is 0 Å². The molecule has 2 aromatic rings. The highest BCUT2D eigenvalue weighted by molar-refractivity contribution is 14.1. The van der Waals surface area contributed by atoms with Gasteiger partial charge in [0.25, 0.3) is 0 Å². The van der Waals surface area contributed by atoms with Crippen LogP contribution in [0.15, 0.2) is 42.5 Å². The third kappa shape index (κ3) is 3.43. The minimum Gasteiger partial charge on any atom is -0.454 e. The molecule has 0 aliphatic rings. The molecule has 0 atom stereocenters. The van der Waals surface area contributed by atoms with E-state index in [1.165, 1.54) is 6.07 Å². The molecule has 2 nitrogen and oxygen atoms in total. The first-order valence-corrected chi connectivity index (χ1v) is 6.63.